The average molecular weight is 193 g/mol. The van der Waals surface area contributed by atoms with Crippen molar-refractivity contribution in [3.63, 3.8) is 0 Å². The van der Waals surface area contributed by atoms with Gasteiger partial charge in [-0.2, -0.15) is 0 Å². The van der Waals surface area contributed by atoms with Crippen LogP contribution >= 0.6 is 0 Å². The summed E-state index contributed by atoms with van der Waals surface area (Å²) in [5, 5.41) is 9.56. The standard InChI is InChI=1S/C11H12FNO/c1-2-3-4-7-10(14)11-9(12)6-5-8-13-11/h1,5-6,8,10,14H,3-4,7H2. The van der Waals surface area contributed by atoms with Crippen LogP contribution in [0.5, 0.6) is 0 Å². The van der Waals surface area contributed by atoms with E-state index in [-0.39, 0.29) is 5.69 Å². The third-order valence-electron chi connectivity index (χ3n) is 1.90. The van der Waals surface area contributed by atoms with E-state index in [2.05, 4.69) is 10.9 Å². The predicted molar refractivity (Wildman–Crippen MR) is 51.8 cm³/mol. The van der Waals surface area contributed by atoms with Gasteiger partial charge in [-0.15, -0.1) is 12.3 Å². The molecule has 1 heterocycles. The fraction of sp³-hybridized carbons (Fsp3) is 0.364. The van der Waals surface area contributed by atoms with Crippen molar-refractivity contribution in [2.45, 2.75) is 25.4 Å². The first-order chi connectivity index (χ1) is 6.75. The Morgan fingerprint density at radius 2 is 2.43 bits per heavy atom. The van der Waals surface area contributed by atoms with Crippen LogP contribution < -0.4 is 0 Å². The molecule has 0 aliphatic rings. The van der Waals surface area contributed by atoms with Gasteiger partial charge in [0.15, 0.2) is 0 Å². The predicted octanol–water partition coefficient (Wildman–Crippen LogP) is 2.06. The highest BCUT2D eigenvalue weighted by Gasteiger charge is 2.12. The van der Waals surface area contributed by atoms with Crippen molar-refractivity contribution in [1.82, 2.24) is 4.98 Å². The number of aromatic nitrogens is 1. The van der Waals surface area contributed by atoms with Gasteiger partial charge < -0.3 is 5.11 Å². The molecule has 0 saturated heterocycles. The molecule has 1 N–H and O–H groups in total. The largest absolute Gasteiger partial charge is 0.387 e. The third kappa shape index (κ3) is 2.82. The third-order valence-corrected chi connectivity index (χ3v) is 1.90. The van der Waals surface area contributed by atoms with Gasteiger partial charge in [0.25, 0.3) is 0 Å². The second kappa shape index (κ2) is 5.36. The molecule has 2 nitrogen and oxygen atoms in total. The Morgan fingerprint density at radius 3 is 3.07 bits per heavy atom. The van der Waals surface area contributed by atoms with Gasteiger partial charge in [-0.25, -0.2) is 4.39 Å². The molecule has 1 unspecified atom stereocenters. The molecule has 14 heavy (non-hydrogen) atoms. The Bertz CT molecular complexity index is 332. The van der Waals surface area contributed by atoms with Crippen molar-refractivity contribution >= 4 is 0 Å². The zero-order valence-electron chi connectivity index (χ0n) is 7.78. The minimum Gasteiger partial charge on any atom is -0.387 e. The minimum atomic E-state index is -0.857. The summed E-state index contributed by atoms with van der Waals surface area (Å²) in [6.45, 7) is 0. The van der Waals surface area contributed by atoms with Crippen molar-refractivity contribution in [2.75, 3.05) is 0 Å². The van der Waals surface area contributed by atoms with E-state index in [0.717, 1.165) is 0 Å². The van der Waals surface area contributed by atoms with Crippen molar-refractivity contribution in [2.24, 2.45) is 0 Å². The molecular formula is C11H12FNO. The number of aliphatic hydroxyl groups is 1. The van der Waals surface area contributed by atoms with Crippen LogP contribution in [0.4, 0.5) is 4.39 Å². The number of aliphatic hydroxyl groups excluding tert-OH is 1. The number of nitrogens with zero attached hydrogens (tertiary/aromatic N) is 1. The van der Waals surface area contributed by atoms with E-state index in [0.29, 0.717) is 19.3 Å². The lowest BCUT2D eigenvalue weighted by atomic mass is 10.1. The summed E-state index contributed by atoms with van der Waals surface area (Å²) < 4.78 is 13.1. The van der Waals surface area contributed by atoms with Crippen LogP contribution in [0.25, 0.3) is 0 Å². The van der Waals surface area contributed by atoms with Gasteiger partial charge in [-0.3, -0.25) is 4.98 Å². The Kier molecular flexibility index (Phi) is 4.09. The van der Waals surface area contributed by atoms with Crippen LogP contribution in [-0.2, 0) is 0 Å². The highest BCUT2D eigenvalue weighted by molar-refractivity contribution is 5.09. The Balaban J connectivity index is 2.57. The van der Waals surface area contributed by atoms with Crippen LogP contribution in [0.2, 0.25) is 0 Å². The molecule has 0 fully saturated rings. The van der Waals surface area contributed by atoms with Crippen LogP contribution in [0.3, 0.4) is 0 Å². The second-order valence-corrected chi connectivity index (χ2v) is 2.98. The molecule has 0 radical (unpaired) electrons. The number of hydrogen-bond donors (Lipinski definition) is 1. The monoisotopic (exact) mass is 193 g/mol. The fourth-order valence-corrected chi connectivity index (χ4v) is 1.18. The van der Waals surface area contributed by atoms with E-state index in [4.69, 9.17) is 6.42 Å². The SMILES string of the molecule is C#CCCCC(O)c1ncccc1F. The number of pyridine rings is 1. The molecule has 1 atom stereocenters. The highest BCUT2D eigenvalue weighted by atomic mass is 19.1. The van der Waals surface area contributed by atoms with E-state index >= 15 is 0 Å². The molecule has 1 aromatic heterocycles. The molecule has 74 valence electrons. The maximum Gasteiger partial charge on any atom is 0.147 e. The molecular weight excluding hydrogens is 181 g/mol. The molecule has 0 amide bonds. The first-order valence-electron chi connectivity index (χ1n) is 4.47. The molecule has 3 heteroatoms. The van der Waals surface area contributed by atoms with Crippen LogP contribution in [0.15, 0.2) is 18.3 Å². The minimum absolute atomic E-state index is 0.101. The summed E-state index contributed by atoms with van der Waals surface area (Å²) >= 11 is 0. The van der Waals surface area contributed by atoms with Crippen molar-refractivity contribution in [3.8, 4) is 12.3 Å². The first kappa shape index (κ1) is 10.7. The molecule has 1 rings (SSSR count). The van der Waals surface area contributed by atoms with Gasteiger partial charge in [0, 0.05) is 12.6 Å². The van der Waals surface area contributed by atoms with E-state index < -0.39 is 11.9 Å². The smallest absolute Gasteiger partial charge is 0.147 e. The van der Waals surface area contributed by atoms with E-state index in [9.17, 15) is 9.50 Å². The van der Waals surface area contributed by atoms with Gasteiger partial charge in [0.05, 0.1) is 6.10 Å². The summed E-state index contributed by atoms with van der Waals surface area (Å²) in [5.74, 6) is 1.99. The number of hydrogen-bond acceptors (Lipinski definition) is 2. The van der Waals surface area contributed by atoms with E-state index in [1.54, 1.807) is 0 Å². The number of rotatable bonds is 4. The molecule has 1 aromatic rings. The first-order valence-corrected chi connectivity index (χ1v) is 4.47. The van der Waals surface area contributed by atoms with Crippen LogP contribution in [-0.4, -0.2) is 10.1 Å². The number of terminal acetylenes is 1. The molecule has 0 saturated carbocycles. The van der Waals surface area contributed by atoms with E-state index in [1.165, 1.54) is 18.3 Å². The van der Waals surface area contributed by atoms with Crippen LogP contribution in [0, 0.1) is 18.2 Å². The summed E-state index contributed by atoms with van der Waals surface area (Å²) in [5.41, 5.74) is 0.101. The molecule has 0 aromatic carbocycles. The number of unbranched alkanes of at least 4 members (excludes halogenated alkanes) is 1. The summed E-state index contributed by atoms with van der Waals surface area (Å²) in [6.07, 6.45) is 7.37. The lowest BCUT2D eigenvalue weighted by Gasteiger charge is -2.09. The lowest BCUT2D eigenvalue weighted by Crippen LogP contribution is -2.03. The zero-order chi connectivity index (χ0) is 10.4. The average Bonchev–Trinajstić information content (AvgIpc) is 2.18. The van der Waals surface area contributed by atoms with Crippen LogP contribution in [0.1, 0.15) is 31.1 Å². The molecule has 0 aliphatic heterocycles. The summed E-state index contributed by atoms with van der Waals surface area (Å²) in [4.78, 5) is 3.78. The van der Waals surface area contributed by atoms with Gasteiger partial charge in [-0.1, -0.05) is 0 Å². The molecule has 0 spiro atoms. The molecule has 0 aliphatic carbocycles. The molecule has 0 bridgehead atoms. The summed E-state index contributed by atoms with van der Waals surface area (Å²) in [7, 11) is 0. The number of halogens is 1. The topological polar surface area (TPSA) is 33.1 Å². The van der Waals surface area contributed by atoms with E-state index in [1.807, 2.05) is 0 Å². The van der Waals surface area contributed by atoms with Crippen molar-refractivity contribution in [1.29, 1.82) is 0 Å². The van der Waals surface area contributed by atoms with Crippen molar-refractivity contribution < 1.29 is 9.50 Å². The Hall–Kier alpha value is -1.40. The highest BCUT2D eigenvalue weighted by Crippen LogP contribution is 2.19. The maximum absolute atomic E-state index is 13.1. The second-order valence-electron chi connectivity index (χ2n) is 2.98. The summed E-state index contributed by atoms with van der Waals surface area (Å²) in [6, 6.07) is 2.78. The van der Waals surface area contributed by atoms with Gasteiger partial charge in [-0.05, 0) is 25.0 Å². The van der Waals surface area contributed by atoms with Gasteiger partial charge in [0.1, 0.15) is 11.5 Å². The normalized spacial score (nSPS) is 12.1. The fourth-order valence-electron chi connectivity index (χ4n) is 1.18. The maximum atomic E-state index is 13.1. The lowest BCUT2D eigenvalue weighted by molar-refractivity contribution is 0.155. The van der Waals surface area contributed by atoms with Gasteiger partial charge >= 0.3 is 0 Å². The van der Waals surface area contributed by atoms with Gasteiger partial charge in [0.2, 0.25) is 0 Å². The Morgan fingerprint density at radius 1 is 1.64 bits per heavy atom. The Labute approximate surface area is 82.8 Å². The quantitative estimate of drug-likeness (QED) is 0.586. The van der Waals surface area contributed by atoms with Crippen molar-refractivity contribution in [3.05, 3.63) is 29.8 Å². The zero-order valence-corrected chi connectivity index (χ0v) is 7.78.